The first kappa shape index (κ1) is 22.3. The molecule has 2 rings (SSSR count). The lowest BCUT2D eigenvalue weighted by Gasteiger charge is -2.38. The molecule has 1 N–H and O–H groups in total. The van der Waals surface area contributed by atoms with E-state index in [-0.39, 0.29) is 24.5 Å². The lowest BCUT2D eigenvalue weighted by atomic mass is 10.2. The molecule has 0 unspecified atom stereocenters. The Labute approximate surface area is 164 Å². The van der Waals surface area contributed by atoms with Crippen molar-refractivity contribution in [3.8, 4) is 0 Å². The van der Waals surface area contributed by atoms with Gasteiger partial charge in [0.05, 0.1) is 18.3 Å². The lowest BCUT2D eigenvalue weighted by molar-refractivity contribution is -0.145. The van der Waals surface area contributed by atoms with E-state index in [1.807, 2.05) is 0 Å². The quantitative estimate of drug-likeness (QED) is 0.570. The summed E-state index contributed by atoms with van der Waals surface area (Å²) in [5, 5.41) is 2.38. The monoisotopic (exact) mass is 433 g/mol. The van der Waals surface area contributed by atoms with Crippen LogP contribution in [0.2, 0.25) is 0 Å². The van der Waals surface area contributed by atoms with Gasteiger partial charge in [-0.05, 0) is 19.1 Å². The largest absolute Gasteiger partial charge is 0.467 e. The average molecular weight is 434 g/mol. The van der Waals surface area contributed by atoms with E-state index in [2.05, 4.69) is 10.1 Å². The Morgan fingerprint density at radius 3 is 2.29 bits per heavy atom. The molecule has 1 aliphatic rings. The molecule has 0 radical (unpaired) electrons. The van der Waals surface area contributed by atoms with E-state index in [1.54, 1.807) is 18.2 Å². The molecule has 10 nitrogen and oxygen atoms in total. The Morgan fingerprint density at radius 1 is 1.14 bits per heavy atom. The van der Waals surface area contributed by atoms with Crippen molar-refractivity contribution < 1.29 is 31.2 Å². The molecule has 2 atom stereocenters. The van der Waals surface area contributed by atoms with Crippen LogP contribution >= 0.6 is 0 Å². The van der Waals surface area contributed by atoms with Gasteiger partial charge in [-0.3, -0.25) is 4.79 Å². The van der Waals surface area contributed by atoms with E-state index < -0.39 is 44.0 Å². The highest BCUT2D eigenvalue weighted by Crippen LogP contribution is 2.22. The van der Waals surface area contributed by atoms with Crippen LogP contribution in [0.1, 0.15) is 6.92 Å². The molecule has 1 fully saturated rings. The maximum Gasteiger partial charge on any atom is 0.328 e. The number of carbonyl (C=O) groups excluding carboxylic acids is 2. The maximum atomic E-state index is 13.0. The van der Waals surface area contributed by atoms with Gasteiger partial charge in [-0.25, -0.2) is 21.6 Å². The van der Waals surface area contributed by atoms with Crippen molar-refractivity contribution in [3.63, 3.8) is 0 Å². The smallest absolute Gasteiger partial charge is 0.328 e. The Morgan fingerprint density at radius 2 is 1.75 bits per heavy atom. The van der Waals surface area contributed by atoms with Crippen LogP contribution < -0.4 is 5.32 Å². The number of ether oxygens (including phenoxy) is 1. The minimum atomic E-state index is -4.05. The van der Waals surface area contributed by atoms with Crippen LogP contribution in [0.25, 0.3) is 0 Å². The third kappa shape index (κ3) is 4.87. The molecule has 1 aliphatic heterocycles. The summed E-state index contributed by atoms with van der Waals surface area (Å²) in [6, 6.07) is 5.19. The molecule has 1 aromatic rings. The molecule has 1 amide bonds. The lowest BCUT2D eigenvalue weighted by Crippen LogP contribution is -2.62. The number of piperazine rings is 1. The van der Waals surface area contributed by atoms with Crippen molar-refractivity contribution in [2.75, 3.05) is 33.0 Å². The number of rotatable bonds is 6. The summed E-state index contributed by atoms with van der Waals surface area (Å²) in [6.07, 6.45) is 0.987. The zero-order valence-electron chi connectivity index (χ0n) is 15.7. The minimum Gasteiger partial charge on any atom is -0.467 e. The van der Waals surface area contributed by atoms with E-state index >= 15 is 0 Å². The second kappa shape index (κ2) is 8.55. The van der Waals surface area contributed by atoms with E-state index in [0.717, 1.165) is 22.0 Å². The normalized spacial score (nSPS) is 20.3. The highest BCUT2D eigenvalue weighted by Gasteiger charge is 2.42. The Balaban J connectivity index is 2.37. The van der Waals surface area contributed by atoms with Gasteiger partial charge in [-0.1, -0.05) is 18.2 Å². The number of nitrogens with zero attached hydrogens (tertiary/aromatic N) is 2. The zero-order chi connectivity index (χ0) is 21.1. The Bertz CT molecular complexity index is 932. The van der Waals surface area contributed by atoms with Gasteiger partial charge in [0.1, 0.15) is 12.1 Å². The van der Waals surface area contributed by atoms with Crippen LogP contribution in [-0.2, 0) is 34.4 Å². The summed E-state index contributed by atoms with van der Waals surface area (Å²) in [5.41, 5.74) is 0. The van der Waals surface area contributed by atoms with Crippen LogP contribution in [0.5, 0.6) is 0 Å². The molecule has 28 heavy (non-hydrogen) atoms. The average Bonchev–Trinajstić information content (AvgIpc) is 2.66. The van der Waals surface area contributed by atoms with Gasteiger partial charge in [0.25, 0.3) is 0 Å². The highest BCUT2D eigenvalue weighted by atomic mass is 32.2. The SMILES string of the molecule is COC(=O)[C@@H](C)NC(=O)[C@@H]1CN(S(C)(=O)=O)CCN1S(=O)(=O)c1ccccc1. The predicted octanol–water partition coefficient (Wildman–Crippen LogP) is -1.00. The van der Waals surface area contributed by atoms with E-state index in [0.29, 0.717) is 0 Å². The molecular weight excluding hydrogens is 410 g/mol. The molecule has 1 heterocycles. The van der Waals surface area contributed by atoms with Crippen molar-refractivity contribution in [1.29, 1.82) is 0 Å². The van der Waals surface area contributed by atoms with Crippen LogP contribution in [0.15, 0.2) is 35.2 Å². The van der Waals surface area contributed by atoms with Crippen LogP contribution in [0.3, 0.4) is 0 Å². The topological polar surface area (TPSA) is 130 Å². The van der Waals surface area contributed by atoms with Crippen molar-refractivity contribution in [3.05, 3.63) is 30.3 Å². The molecular formula is C16H23N3O7S2. The number of benzene rings is 1. The summed E-state index contributed by atoms with van der Waals surface area (Å²) >= 11 is 0. The van der Waals surface area contributed by atoms with Crippen molar-refractivity contribution in [2.45, 2.75) is 23.9 Å². The summed E-state index contributed by atoms with van der Waals surface area (Å²) in [7, 11) is -6.53. The Kier molecular flexibility index (Phi) is 6.80. The molecule has 0 spiro atoms. The number of nitrogens with one attached hydrogen (secondary N) is 1. The second-order valence-corrected chi connectivity index (χ2v) is 10.2. The van der Waals surface area contributed by atoms with Gasteiger partial charge in [-0.2, -0.15) is 8.61 Å². The van der Waals surface area contributed by atoms with Crippen LogP contribution in [0, 0.1) is 0 Å². The first-order valence-electron chi connectivity index (χ1n) is 8.38. The summed E-state index contributed by atoms with van der Waals surface area (Å²) in [4.78, 5) is 24.3. The van der Waals surface area contributed by atoms with Crippen molar-refractivity contribution in [1.82, 2.24) is 13.9 Å². The predicted molar refractivity (Wildman–Crippen MR) is 100 cm³/mol. The molecule has 0 aliphatic carbocycles. The fourth-order valence-electron chi connectivity index (χ4n) is 2.82. The van der Waals surface area contributed by atoms with Gasteiger partial charge in [0, 0.05) is 19.6 Å². The molecule has 0 saturated carbocycles. The van der Waals surface area contributed by atoms with Gasteiger partial charge in [0.2, 0.25) is 26.0 Å². The highest BCUT2D eigenvalue weighted by molar-refractivity contribution is 7.89. The van der Waals surface area contributed by atoms with Gasteiger partial charge < -0.3 is 10.1 Å². The van der Waals surface area contributed by atoms with E-state index in [1.165, 1.54) is 19.1 Å². The van der Waals surface area contributed by atoms with Crippen molar-refractivity contribution >= 4 is 31.9 Å². The third-order valence-corrected chi connectivity index (χ3v) is 7.52. The molecule has 1 saturated heterocycles. The minimum absolute atomic E-state index is 0.0124. The summed E-state index contributed by atoms with van der Waals surface area (Å²) in [5.74, 6) is -1.49. The number of esters is 1. The molecule has 156 valence electrons. The van der Waals surface area contributed by atoms with Crippen LogP contribution in [0.4, 0.5) is 0 Å². The third-order valence-electron chi connectivity index (χ3n) is 4.33. The van der Waals surface area contributed by atoms with E-state index in [9.17, 15) is 26.4 Å². The molecule has 12 heteroatoms. The fraction of sp³-hybridized carbons (Fsp3) is 0.500. The number of amides is 1. The van der Waals surface area contributed by atoms with E-state index in [4.69, 9.17) is 0 Å². The molecule has 1 aromatic carbocycles. The van der Waals surface area contributed by atoms with Gasteiger partial charge in [-0.15, -0.1) is 0 Å². The number of carbonyl (C=O) groups is 2. The summed E-state index contributed by atoms with van der Waals surface area (Å²) in [6.45, 7) is 0.748. The van der Waals surface area contributed by atoms with Crippen LogP contribution in [-0.4, -0.2) is 82.4 Å². The fourth-order valence-corrected chi connectivity index (χ4v) is 5.23. The molecule has 0 bridgehead atoms. The Hall–Kier alpha value is -2.02. The maximum absolute atomic E-state index is 13.0. The number of sulfonamides is 2. The standard InChI is InChI=1S/C16H23N3O7S2/c1-12(16(21)26-2)17-15(20)14-11-18(27(3,22)23)9-10-19(14)28(24,25)13-7-5-4-6-8-13/h4-8,12,14H,9-11H2,1-3H3,(H,17,20)/t12-,14+/m1/s1. The van der Waals surface area contributed by atoms with Crippen molar-refractivity contribution in [2.24, 2.45) is 0 Å². The van der Waals surface area contributed by atoms with Gasteiger partial charge >= 0.3 is 5.97 Å². The second-order valence-electron chi connectivity index (χ2n) is 6.32. The number of hydrogen-bond acceptors (Lipinski definition) is 7. The number of hydrogen-bond donors (Lipinski definition) is 1. The first-order chi connectivity index (χ1) is 13.0. The number of methoxy groups -OCH3 is 1. The summed E-state index contributed by atoms with van der Waals surface area (Å²) < 4.78 is 56.4. The van der Waals surface area contributed by atoms with Gasteiger partial charge in [0.15, 0.2) is 0 Å². The first-order valence-corrected chi connectivity index (χ1v) is 11.7. The molecule has 0 aromatic heterocycles. The zero-order valence-corrected chi connectivity index (χ0v) is 17.4.